The van der Waals surface area contributed by atoms with Gasteiger partial charge in [-0.1, -0.05) is 24.3 Å². The fourth-order valence-electron chi connectivity index (χ4n) is 4.53. The Bertz CT molecular complexity index is 1330. The predicted octanol–water partition coefficient (Wildman–Crippen LogP) is 4.12. The Morgan fingerprint density at radius 1 is 1.12 bits per heavy atom. The van der Waals surface area contributed by atoms with Crippen molar-refractivity contribution in [2.75, 3.05) is 19.7 Å². The molecule has 7 heteroatoms. The molecular weight excluding hydrogens is 416 g/mol. The van der Waals surface area contributed by atoms with E-state index in [4.69, 9.17) is 19.6 Å². The Kier molecular flexibility index (Phi) is 5.62. The number of aromatic nitrogens is 3. The van der Waals surface area contributed by atoms with Gasteiger partial charge in [-0.15, -0.1) is 0 Å². The summed E-state index contributed by atoms with van der Waals surface area (Å²) in [4.78, 5) is 19.8. The number of ether oxygens (including phenoxy) is 2. The zero-order valence-electron chi connectivity index (χ0n) is 19.2. The van der Waals surface area contributed by atoms with Crippen LogP contribution < -0.4 is 9.47 Å². The fraction of sp³-hybridized carbons (Fsp3) is 0.346. The van der Waals surface area contributed by atoms with Gasteiger partial charge in [0.15, 0.2) is 23.3 Å². The molecule has 0 saturated carbocycles. The number of hydrogen-bond donors (Lipinski definition) is 0. The number of para-hydroxylation sites is 2. The highest BCUT2D eigenvalue weighted by Crippen LogP contribution is 2.31. The van der Waals surface area contributed by atoms with Crippen molar-refractivity contribution in [2.24, 2.45) is 0 Å². The molecule has 0 aliphatic carbocycles. The maximum absolute atomic E-state index is 13.1. The average molecular weight is 445 g/mol. The second kappa shape index (κ2) is 8.73. The normalized spacial score (nSPS) is 15.2. The Morgan fingerprint density at radius 2 is 1.88 bits per heavy atom. The van der Waals surface area contributed by atoms with Crippen LogP contribution in [0.5, 0.6) is 11.5 Å². The number of nitrogens with zero attached hydrogens (tertiary/aromatic N) is 4. The highest BCUT2D eigenvalue weighted by atomic mass is 16.6. The Balaban J connectivity index is 1.29. The topological polar surface area (TPSA) is 69.0 Å². The SMILES string of the molecule is CCN(CC1COc2ccccc2O1)C(=O)CCc1c(C)nc2c3ccccc3nn2c1C. The zero-order valence-corrected chi connectivity index (χ0v) is 19.2. The molecule has 2 aromatic heterocycles. The molecule has 1 aliphatic heterocycles. The highest BCUT2D eigenvalue weighted by Gasteiger charge is 2.25. The van der Waals surface area contributed by atoms with Crippen LogP contribution in [0.1, 0.15) is 30.3 Å². The Hall–Kier alpha value is -3.61. The largest absolute Gasteiger partial charge is 0.486 e. The van der Waals surface area contributed by atoms with Crippen LogP contribution in [-0.2, 0) is 11.2 Å². The van der Waals surface area contributed by atoms with Gasteiger partial charge in [0.1, 0.15) is 6.61 Å². The van der Waals surface area contributed by atoms with Crippen LogP contribution in [0.15, 0.2) is 48.5 Å². The van der Waals surface area contributed by atoms with E-state index < -0.39 is 0 Å². The van der Waals surface area contributed by atoms with Gasteiger partial charge in [0, 0.05) is 29.7 Å². The molecule has 2 aromatic carbocycles. The number of likely N-dealkylation sites (N-methyl/N-ethyl adjacent to an activating group) is 1. The number of carbonyl (C=O) groups is 1. The summed E-state index contributed by atoms with van der Waals surface area (Å²) in [5.74, 6) is 1.59. The Morgan fingerprint density at radius 3 is 2.70 bits per heavy atom. The minimum atomic E-state index is -0.179. The smallest absolute Gasteiger partial charge is 0.223 e. The molecule has 5 rings (SSSR count). The number of aryl methyl sites for hydroxylation is 2. The summed E-state index contributed by atoms with van der Waals surface area (Å²) in [6, 6.07) is 15.7. The summed E-state index contributed by atoms with van der Waals surface area (Å²) >= 11 is 0. The molecule has 0 bridgehead atoms. The predicted molar refractivity (Wildman–Crippen MR) is 127 cm³/mol. The molecule has 170 valence electrons. The van der Waals surface area contributed by atoms with E-state index in [0.717, 1.165) is 45.0 Å². The van der Waals surface area contributed by atoms with Gasteiger partial charge < -0.3 is 14.4 Å². The second-order valence-electron chi connectivity index (χ2n) is 8.44. The molecule has 33 heavy (non-hydrogen) atoms. The molecule has 1 unspecified atom stereocenters. The second-order valence-corrected chi connectivity index (χ2v) is 8.44. The van der Waals surface area contributed by atoms with E-state index in [1.54, 1.807) is 0 Å². The van der Waals surface area contributed by atoms with Crippen molar-refractivity contribution in [1.82, 2.24) is 19.5 Å². The molecule has 0 fully saturated rings. The third kappa shape index (κ3) is 3.99. The van der Waals surface area contributed by atoms with Crippen LogP contribution in [0, 0.1) is 13.8 Å². The van der Waals surface area contributed by atoms with Crippen LogP contribution in [-0.4, -0.2) is 51.2 Å². The number of hydrogen-bond acceptors (Lipinski definition) is 5. The Labute approximate surface area is 192 Å². The van der Waals surface area contributed by atoms with Crippen molar-refractivity contribution in [3.63, 3.8) is 0 Å². The minimum absolute atomic E-state index is 0.101. The molecule has 1 amide bonds. The van der Waals surface area contributed by atoms with Crippen molar-refractivity contribution in [3.05, 3.63) is 65.5 Å². The first-order valence-electron chi connectivity index (χ1n) is 11.4. The lowest BCUT2D eigenvalue weighted by molar-refractivity contribution is -0.132. The lowest BCUT2D eigenvalue weighted by atomic mass is 10.1. The summed E-state index contributed by atoms with van der Waals surface area (Å²) in [5, 5.41) is 5.76. The van der Waals surface area contributed by atoms with Crippen LogP contribution in [0.4, 0.5) is 0 Å². The maximum Gasteiger partial charge on any atom is 0.223 e. The fourth-order valence-corrected chi connectivity index (χ4v) is 4.53. The van der Waals surface area contributed by atoms with Gasteiger partial charge in [-0.2, -0.15) is 5.10 Å². The van der Waals surface area contributed by atoms with E-state index in [1.165, 1.54) is 0 Å². The molecule has 4 aromatic rings. The number of benzene rings is 2. The summed E-state index contributed by atoms with van der Waals surface area (Å²) in [6.07, 6.45) is 0.854. The van der Waals surface area contributed by atoms with E-state index in [0.29, 0.717) is 32.5 Å². The summed E-state index contributed by atoms with van der Waals surface area (Å²) in [7, 11) is 0. The van der Waals surface area contributed by atoms with Crippen molar-refractivity contribution < 1.29 is 14.3 Å². The first kappa shape index (κ1) is 21.2. The molecule has 0 radical (unpaired) electrons. The van der Waals surface area contributed by atoms with Crippen molar-refractivity contribution in [1.29, 1.82) is 0 Å². The molecule has 0 saturated heterocycles. The minimum Gasteiger partial charge on any atom is -0.486 e. The molecule has 0 spiro atoms. The van der Waals surface area contributed by atoms with Crippen molar-refractivity contribution >= 4 is 22.5 Å². The number of carbonyl (C=O) groups excluding carboxylic acids is 1. The van der Waals surface area contributed by atoms with Gasteiger partial charge in [-0.25, -0.2) is 9.50 Å². The number of fused-ring (bicyclic) bond motifs is 4. The van der Waals surface area contributed by atoms with Gasteiger partial charge in [0.25, 0.3) is 0 Å². The van der Waals surface area contributed by atoms with E-state index in [2.05, 4.69) is 6.92 Å². The van der Waals surface area contributed by atoms with Gasteiger partial charge >= 0.3 is 0 Å². The summed E-state index contributed by atoms with van der Waals surface area (Å²) in [6.45, 7) is 7.62. The molecular formula is C26H28N4O3. The van der Waals surface area contributed by atoms with Crippen molar-refractivity contribution in [2.45, 2.75) is 39.7 Å². The maximum atomic E-state index is 13.1. The molecule has 3 heterocycles. The van der Waals surface area contributed by atoms with Crippen LogP contribution in [0.25, 0.3) is 16.6 Å². The van der Waals surface area contributed by atoms with Crippen molar-refractivity contribution in [3.8, 4) is 11.5 Å². The van der Waals surface area contributed by atoms with E-state index in [1.807, 2.05) is 71.8 Å². The van der Waals surface area contributed by atoms with Gasteiger partial charge in [-0.05, 0) is 57.0 Å². The standard InChI is InChI=1S/C26H28N4O3/c1-4-29(15-19-16-32-23-11-7-8-12-24(23)33-19)25(31)14-13-20-17(2)27-26-21-9-5-6-10-22(21)28-30(26)18(20)3/h5-12,19H,4,13-16H2,1-3H3. The average Bonchev–Trinajstić information content (AvgIpc) is 3.21. The van der Waals surface area contributed by atoms with Gasteiger partial charge in [-0.3, -0.25) is 4.79 Å². The molecule has 7 nitrogen and oxygen atoms in total. The summed E-state index contributed by atoms with van der Waals surface area (Å²) < 4.78 is 13.8. The van der Waals surface area contributed by atoms with Crippen LogP contribution >= 0.6 is 0 Å². The van der Waals surface area contributed by atoms with E-state index >= 15 is 0 Å². The third-order valence-corrected chi connectivity index (χ3v) is 6.33. The summed E-state index contributed by atoms with van der Waals surface area (Å²) in [5.41, 5.74) is 4.84. The quantitative estimate of drug-likeness (QED) is 0.448. The zero-order chi connectivity index (χ0) is 22.9. The lowest BCUT2D eigenvalue weighted by Gasteiger charge is -2.31. The first-order chi connectivity index (χ1) is 16.0. The molecule has 0 N–H and O–H groups in total. The number of rotatable bonds is 6. The van der Waals surface area contributed by atoms with Gasteiger partial charge in [0.2, 0.25) is 5.91 Å². The van der Waals surface area contributed by atoms with Crippen LogP contribution in [0.3, 0.4) is 0 Å². The van der Waals surface area contributed by atoms with E-state index in [9.17, 15) is 4.79 Å². The molecule has 1 aliphatic rings. The van der Waals surface area contributed by atoms with Gasteiger partial charge in [0.05, 0.1) is 12.1 Å². The van der Waals surface area contributed by atoms with E-state index in [-0.39, 0.29) is 12.0 Å². The lowest BCUT2D eigenvalue weighted by Crippen LogP contribution is -2.43. The highest BCUT2D eigenvalue weighted by molar-refractivity contribution is 5.92. The van der Waals surface area contributed by atoms with Crippen LogP contribution in [0.2, 0.25) is 0 Å². The monoisotopic (exact) mass is 444 g/mol. The third-order valence-electron chi connectivity index (χ3n) is 6.33. The number of amides is 1. The molecule has 1 atom stereocenters. The first-order valence-corrected chi connectivity index (χ1v) is 11.4.